The molecule has 0 bridgehead atoms. The highest BCUT2D eigenvalue weighted by Crippen LogP contribution is 1.99. The van der Waals surface area contributed by atoms with Crippen molar-refractivity contribution in [2.75, 3.05) is 6.54 Å². The molecule has 0 unspecified atom stereocenters. The van der Waals surface area contributed by atoms with Crippen molar-refractivity contribution in [3.8, 4) is 0 Å². The summed E-state index contributed by atoms with van der Waals surface area (Å²) in [5.41, 5.74) is 1.28. The molecule has 3 heteroatoms. The summed E-state index contributed by atoms with van der Waals surface area (Å²) in [4.78, 5) is 0. The van der Waals surface area contributed by atoms with Crippen molar-refractivity contribution in [3.05, 3.63) is 17.1 Å². The molecule has 50 valence electrons. The minimum atomic E-state index is 0.951. The van der Waals surface area contributed by atoms with Gasteiger partial charge in [-0.2, -0.15) is 0 Å². The number of hydrogen-bond acceptors (Lipinski definition) is 3. The summed E-state index contributed by atoms with van der Waals surface area (Å²) in [6.45, 7) is 4.07. The van der Waals surface area contributed by atoms with Crippen molar-refractivity contribution in [2.45, 2.75) is 13.5 Å². The third-order valence-corrected chi connectivity index (χ3v) is 1.70. The van der Waals surface area contributed by atoms with Crippen LogP contribution < -0.4 is 5.32 Å². The molecule has 0 radical (unpaired) electrons. The lowest BCUT2D eigenvalue weighted by atomic mass is 10.4. The fraction of sp³-hybridized carbons (Fsp3) is 0.500. The van der Waals surface area contributed by atoms with E-state index in [9.17, 15) is 0 Å². The second-order valence-electron chi connectivity index (χ2n) is 1.81. The van der Waals surface area contributed by atoms with Crippen LogP contribution in [0.3, 0.4) is 0 Å². The maximum Gasteiger partial charge on any atom is 0.0451 e. The van der Waals surface area contributed by atoms with E-state index < -0.39 is 0 Å². The van der Waals surface area contributed by atoms with E-state index in [0.29, 0.717) is 0 Å². The molecule has 0 aromatic carbocycles. The van der Waals surface area contributed by atoms with Crippen LogP contribution >= 0.6 is 11.5 Å². The van der Waals surface area contributed by atoms with Gasteiger partial charge in [0.1, 0.15) is 0 Å². The van der Waals surface area contributed by atoms with Crippen LogP contribution in [0.25, 0.3) is 0 Å². The Labute approximate surface area is 59.1 Å². The molecule has 0 amide bonds. The first-order chi connectivity index (χ1) is 4.43. The smallest absolute Gasteiger partial charge is 0.0451 e. The summed E-state index contributed by atoms with van der Waals surface area (Å²) < 4.78 is 3.98. The first kappa shape index (κ1) is 6.71. The van der Waals surface area contributed by atoms with E-state index in [2.05, 4.69) is 22.0 Å². The third-order valence-electron chi connectivity index (χ3n) is 1.06. The van der Waals surface area contributed by atoms with Crippen molar-refractivity contribution < 1.29 is 0 Å². The van der Waals surface area contributed by atoms with Crippen LogP contribution in [0.2, 0.25) is 0 Å². The lowest BCUT2D eigenvalue weighted by molar-refractivity contribution is 0.727. The molecule has 0 saturated carbocycles. The van der Waals surface area contributed by atoms with Crippen LogP contribution in [0.4, 0.5) is 0 Å². The standard InChI is InChI=1S/C6H10N2S/c1-2-7-3-6-4-8-9-5-6/h4-5,7H,2-3H2,1H3. The molecular weight excluding hydrogens is 132 g/mol. The molecule has 1 aromatic rings. The quantitative estimate of drug-likeness (QED) is 0.687. The normalized spacial score (nSPS) is 9.89. The Morgan fingerprint density at radius 2 is 2.67 bits per heavy atom. The SMILES string of the molecule is CCNCc1cnsc1. The van der Waals surface area contributed by atoms with Crippen LogP contribution in [0.15, 0.2) is 11.6 Å². The molecule has 1 rings (SSSR count). The lowest BCUT2D eigenvalue weighted by Gasteiger charge is -1.94. The molecule has 0 aliphatic carbocycles. The minimum absolute atomic E-state index is 0.951. The van der Waals surface area contributed by atoms with Crippen molar-refractivity contribution in [2.24, 2.45) is 0 Å². The Morgan fingerprint density at radius 1 is 1.78 bits per heavy atom. The molecule has 1 heterocycles. The van der Waals surface area contributed by atoms with Gasteiger partial charge in [-0.15, -0.1) is 0 Å². The van der Waals surface area contributed by atoms with E-state index in [0.717, 1.165) is 13.1 Å². The monoisotopic (exact) mass is 142 g/mol. The highest BCUT2D eigenvalue weighted by atomic mass is 32.1. The molecule has 9 heavy (non-hydrogen) atoms. The van der Waals surface area contributed by atoms with Gasteiger partial charge < -0.3 is 5.32 Å². The lowest BCUT2D eigenvalue weighted by Crippen LogP contribution is -2.10. The van der Waals surface area contributed by atoms with Gasteiger partial charge in [-0.3, -0.25) is 0 Å². The molecular formula is C6H10N2S. The highest BCUT2D eigenvalue weighted by molar-refractivity contribution is 7.03. The van der Waals surface area contributed by atoms with Crippen LogP contribution in [0.5, 0.6) is 0 Å². The number of nitrogens with one attached hydrogen (secondary N) is 1. The van der Waals surface area contributed by atoms with E-state index in [1.54, 1.807) is 0 Å². The average Bonchev–Trinajstić information content (AvgIpc) is 2.34. The molecule has 2 nitrogen and oxygen atoms in total. The third kappa shape index (κ3) is 2.11. The molecule has 1 aromatic heterocycles. The van der Waals surface area contributed by atoms with Crippen molar-refractivity contribution in [1.29, 1.82) is 0 Å². The number of nitrogens with zero attached hydrogens (tertiary/aromatic N) is 1. The summed E-state index contributed by atoms with van der Waals surface area (Å²) in [6.07, 6.45) is 1.90. The first-order valence-corrected chi connectivity index (χ1v) is 3.86. The van der Waals surface area contributed by atoms with Crippen molar-refractivity contribution >= 4 is 11.5 Å². The van der Waals surface area contributed by atoms with Gasteiger partial charge in [0.15, 0.2) is 0 Å². The summed E-state index contributed by atoms with van der Waals surface area (Å²) in [5, 5.41) is 5.28. The zero-order valence-electron chi connectivity index (χ0n) is 5.42. The molecule has 0 aliphatic rings. The number of rotatable bonds is 3. The second-order valence-corrected chi connectivity index (χ2v) is 2.47. The Balaban J connectivity index is 2.30. The topological polar surface area (TPSA) is 24.9 Å². The Hall–Kier alpha value is -0.410. The van der Waals surface area contributed by atoms with Gasteiger partial charge in [-0.05, 0) is 23.6 Å². The fourth-order valence-electron chi connectivity index (χ4n) is 0.583. The second kappa shape index (κ2) is 3.58. The summed E-state index contributed by atoms with van der Waals surface area (Å²) in [7, 11) is 0. The van der Waals surface area contributed by atoms with Gasteiger partial charge in [0.25, 0.3) is 0 Å². The zero-order valence-corrected chi connectivity index (χ0v) is 6.24. The Morgan fingerprint density at radius 3 is 3.22 bits per heavy atom. The first-order valence-electron chi connectivity index (χ1n) is 3.02. The minimum Gasteiger partial charge on any atom is -0.313 e. The van der Waals surface area contributed by atoms with Gasteiger partial charge in [-0.1, -0.05) is 6.92 Å². The van der Waals surface area contributed by atoms with Gasteiger partial charge >= 0.3 is 0 Å². The van der Waals surface area contributed by atoms with Gasteiger partial charge in [0, 0.05) is 18.1 Å². The molecule has 0 saturated heterocycles. The highest BCUT2D eigenvalue weighted by Gasteiger charge is 1.89. The van der Waals surface area contributed by atoms with Gasteiger partial charge in [0.2, 0.25) is 0 Å². The predicted molar refractivity (Wildman–Crippen MR) is 39.5 cm³/mol. The van der Waals surface area contributed by atoms with Crippen LogP contribution in [0.1, 0.15) is 12.5 Å². The van der Waals surface area contributed by atoms with E-state index >= 15 is 0 Å². The maximum absolute atomic E-state index is 3.98. The fourth-order valence-corrected chi connectivity index (χ4v) is 1.12. The predicted octanol–water partition coefficient (Wildman–Crippen LogP) is 1.25. The molecule has 0 aliphatic heterocycles. The number of aromatic nitrogens is 1. The Kier molecular flexibility index (Phi) is 2.67. The van der Waals surface area contributed by atoms with Crippen LogP contribution in [-0.4, -0.2) is 10.9 Å². The van der Waals surface area contributed by atoms with E-state index in [1.807, 2.05) is 6.20 Å². The zero-order chi connectivity index (χ0) is 6.53. The molecule has 0 fully saturated rings. The van der Waals surface area contributed by atoms with Gasteiger partial charge in [0.05, 0.1) is 0 Å². The van der Waals surface area contributed by atoms with E-state index in [-0.39, 0.29) is 0 Å². The maximum atomic E-state index is 3.98. The van der Waals surface area contributed by atoms with E-state index in [1.165, 1.54) is 17.1 Å². The van der Waals surface area contributed by atoms with Crippen LogP contribution in [0, 0.1) is 0 Å². The van der Waals surface area contributed by atoms with Crippen molar-refractivity contribution in [1.82, 2.24) is 9.69 Å². The molecule has 0 spiro atoms. The summed E-state index contributed by atoms with van der Waals surface area (Å²) in [5.74, 6) is 0. The van der Waals surface area contributed by atoms with Gasteiger partial charge in [-0.25, -0.2) is 4.37 Å². The van der Waals surface area contributed by atoms with Crippen molar-refractivity contribution in [3.63, 3.8) is 0 Å². The Bertz CT molecular complexity index is 148. The molecule has 1 N–H and O–H groups in total. The summed E-state index contributed by atoms with van der Waals surface area (Å²) in [6, 6.07) is 0. The number of hydrogen-bond donors (Lipinski definition) is 1. The molecule has 0 atom stereocenters. The van der Waals surface area contributed by atoms with E-state index in [4.69, 9.17) is 0 Å². The summed E-state index contributed by atoms with van der Waals surface area (Å²) >= 11 is 1.50. The average molecular weight is 142 g/mol. The largest absolute Gasteiger partial charge is 0.313 e. The van der Waals surface area contributed by atoms with Crippen LogP contribution in [-0.2, 0) is 6.54 Å².